The number of hydrogen-bond acceptors (Lipinski definition) is 4. The Bertz CT molecular complexity index is 1050. The fraction of sp³-hybridized carbons (Fsp3) is 0.286. The van der Waals surface area contributed by atoms with Crippen molar-refractivity contribution in [1.82, 2.24) is 20.3 Å². The van der Waals surface area contributed by atoms with Crippen LogP contribution in [0.25, 0.3) is 5.69 Å². The van der Waals surface area contributed by atoms with Crippen molar-refractivity contribution in [1.29, 1.82) is 0 Å². The Morgan fingerprint density at radius 2 is 1.87 bits per heavy atom. The SMILES string of the molecule is CC(C)c1ccc(OCCNC(=O)c2nnn(-c3cccc(F)c3)c2C(F)(F)F)cc1. The smallest absolute Gasteiger partial charge is 0.435 e. The van der Waals surface area contributed by atoms with E-state index in [1.165, 1.54) is 12.1 Å². The third kappa shape index (κ3) is 5.39. The van der Waals surface area contributed by atoms with Gasteiger partial charge in [0.1, 0.15) is 18.2 Å². The molecule has 1 N–H and O–H groups in total. The molecule has 0 saturated carbocycles. The van der Waals surface area contributed by atoms with Crippen LogP contribution < -0.4 is 10.1 Å². The average Bonchev–Trinajstić information content (AvgIpc) is 3.17. The standard InChI is InChI=1S/C21H20F4N4O2/c1-13(2)14-6-8-17(9-7-14)31-11-10-26-20(30)18-19(21(23,24)25)29(28-27-18)16-5-3-4-15(22)12-16/h3-9,12-13H,10-11H2,1-2H3,(H,26,30). The van der Waals surface area contributed by atoms with Gasteiger partial charge in [-0.05, 0) is 41.8 Å². The van der Waals surface area contributed by atoms with Crippen LogP contribution in [-0.4, -0.2) is 34.1 Å². The zero-order chi connectivity index (χ0) is 22.6. The number of nitrogens with zero attached hydrogens (tertiary/aromatic N) is 3. The van der Waals surface area contributed by atoms with Crippen LogP contribution in [0.4, 0.5) is 17.6 Å². The molecule has 0 atom stereocenters. The molecule has 1 amide bonds. The molecule has 0 spiro atoms. The number of aromatic nitrogens is 3. The van der Waals surface area contributed by atoms with Gasteiger partial charge in [-0.15, -0.1) is 5.10 Å². The molecule has 3 aromatic rings. The summed E-state index contributed by atoms with van der Waals surface area (Å²) in [6.45, 7) is 4.12. The minimum Gasteiger partial charge on any atom is -0.492 e. The fourth-order valence-electron chi connectivity index (χ4n) is 2.84. The Kier molecular flexibility index (Phi) is 6.57. The van der Waals surface area contributed by atoms with Gasteiger partial charge in [0.05, 0.1) is 12.2 Å². The first-order chi connectivity index (χ1) is 14.7. The van der Waals surface area contributed by atoms with Crippen LogP contribution in [0.5, 0.6) is 5.75 Å². The van der Waals surface area contributed by atoms with Crippen molar-refractivity contribution in [3.63, 3.8) is 0 Å². The number of halogens is 4. The number of nitrogens with one attached hydrogen (secondary N) is 1. The minimum atomic E-state index is -4.93. The molecular weight excluding hydrogens is 416 g/mol. The van der Waals surface area contributed by atoms with Gasteiger partial charge in [0, 0.05) is 0 Å². The number of alkyl halides is 3. The van der Waals surface area contributed by atoms with E-state index in [4.69, 9.17) is 4.74 Å². The molecule has 2 aromatic carbocycles. The van der Waals surface area contributed by atoms with Gasteiger partial charge in [-0.25, -0.2) is 9.07 Å². The van der Waals surface area contributed by atoms with E-state index in [1.54, 1.807) is 12.1 Å². The van der Waals surface area contributed by atoms with Gasteiger partial charge in [-0.2, -0.15) is 13.2 Å². The lowest BCUT2D eigenvalue weighted by molar-refractivity contribution is -0.143. The number of benzene rings is 2. The highest BCUT2D eigenvalue weighted by Crippen LogP contribution is 2.32. The normalized spacial score (nSPS) is 11.6. The van der Waals surface area contributed by atoms with Crippen molar-refractivity contribution in [2.24, 2.45) is 0 Å². The summed E-state index contributed by atoms with van der Waals surface area (Å²) in [5.41, 5.74) is -1.35. The molecule has 0 unspecified atom stereocenters. The highest BCUT2D eigenvalue weighted by atomic mass is 19.4. The monoisotopic (exact) mass is 436 g/mol. The van der Waals surface area contributed by atoms with Crippen LogP contribution in [0.1, 0.15) is 41.5 Å². The van der Waals surface area contributed by atoms with Crippen molar-refractivity contribution in [2.75, 3.05) is 13.2 Å². The van der Waals surface area contributed by atoms with Gasteiger partial charge in [0.25, 0.3) is 5.91 Å². The molecule has 3 rings (SSSR count). The van der Waals surface area contributed by atoms with E-state index in [0.29, 0.717) is 16.3 Å². The Labute approximate surface area is 175 Å². The third-order valence-electron chi connectivity index (χ3n) is 4.41. The minimum absolute atomic E-state index is 0.0467. The van der Waals surface area contributed by atoms with Gasteiger partial charge < -0.3 is 10.1 Å². The quantitative estimate of drug-likeness (QED) is 0.442. The number of ether oxygens (including phenoxy) is 1. The molecule has 0 saturated heterocycles. The van der Waals surface area contributed by atoms with Crippen LogP contribution >= 0.6 is 0 Å². The first-order valence-electron chi connectivity index (χ1n) is 9.46. The molecule has 1 heterocycles. The molecule has 1 aromatic heterocycles. The highest BCUT2D eigenvalue weighted by Gasteiger charge is 2.42. The van der Waals surface area contributed by atoms with Gasteiger partial charge in [0.15, 0.2) is 11.4 Å². The van der Waals surface area contributed by atoms with Crippen LogP contribution in [-0.2, 0) is 6.18 Å². The zero-order valence-electron chi connectivity index (χ0n) is 16.8. The van der Waals surface area contributed by atoms with Gasteiger partial charge in [-0.1, -0.05) is 37.3 Å². The summed E-state index contributed by atoms with van der Waals surface area (Å²) >= 11 is 0. The maximum Gasteiger partial charge on any atom is 0.435 e. The van der Waals surface area contributed by atoms with E-state index in [2.05, 4.69) is 29.5 Å². The van der Waals surface area contributed by atoms with Crippen LogP contribution in [0, 0.1) is 5.82 Å². The summed E-state index contributed by atoms with van der Waals surface area (Å²) in [4.78, 5) is 12.3. The van der Waals surface area contributed by atoms with Crippen LogP contribution in [0.15, 0.2) is 48.5 Å². The van der Waals surface area contributed by atoms with E-state index < -0.39 is 29.3 Å². The number of rotatable bonds is 7. The maximum atomic E-state index is 13.6. The first kappa shape index (κ1) is 22.3. The van der Waals surface area contributed by atoms with E-state index in [-0.39, 0.29) is 18.8 Å². The number of hydrogen-bond donors (Lipinski definition) is 1. The summed E-state index contributed by atoms with van der Waals surface area (Å²) in [5, 5.41) is 9.10. The lowest BCUT2D eigenvalue weighted by Crippen LogP contribution is -2.30. The average molecular weight is 436 g/mol. The topological polar surface area (TPSA) is 69.0 Å². The molecule has 0 bridgehead atoms. The van der Waals surface area contributed by atoms with Crippen molar-refractivity contribution in [3.8, 4) is 11.4 Å². The van der Waals surface area contributed by atoms with E-state index >= 15 is 0 Å². The summed E-state index contributed by atoms with van der Waals surface area (Å²) in [5.74, 6) is -0.858. The molecule has 164 valence electrons. The van der Waals surface area contributed by atoms with E-state index in [9.17, 15) is 22.4 Å². The highest BCUT2D eigenvalue weighted by molar-refractivity contribution is 5.93. The van der Waals surface area contributed by atoms with Gasteiger partial charge in [-0.3, -0.25) is 4.79 Å². The molecule has 6 nitrogen and oxygen atoms in total. The predicted molar refractivity (Wildman–Crippen MR) is 105 cm³/mol. The summed E-state index contributed by atoms with van der Waals surface area (Å²) in [6, 6.07) is 11.8. The summed E-state index contributed by atoms with van der Waals surface area (Å²) < 4.78 is 60.1. The van der Waals surface area contributed by atoms with Gasteiger partial charge in [0.2, 0.25) is 0 Å². The molecular formula is C21H20F4N4O2. The molecule has 0 aliphatic carbocycles. The van der Waals surface area contributed by atoms with Crippen molar-refractivity contribution in [3.05, 3.63) is 71.3 Å². The predicted octanol–water partition coefficient (Wildman–Crippen LogP) is 4.36. The molecule has 0 radical (unpaired) electrons. The van der Waals surface area contributed by atoms with Gasteiger partial charge >= 0.3 is 6.18 Å². The lowest BCUT2D eigenvalue weighted by Gasteiger charge is -2.12. The van der Waals surface area contributed by atoms with Crippen molar-refractivity contribution >= 4 is 5.91 Å². The molecule has 0 aliphatic heterocycles. The Morgan fingerprint density at radius 3 is 2.48 bits per heavy atom. The fourth-order valence-corrected chi connectivity index (χ4v) is 2.84. The number of carbonyl (C=O) groups is 1. The number of carbonyl (C=O) groups excluding carboxylic acids is 1. The van der Waals surface area contributed by atoms with Crippen LogP contribution in [0.2, 0.25) is 0 Å². The second kappa shape index (κ2) is 9.15. The first-order valence-corrected chi connectivity index (χ1v) is 9.46. The second-order valence-electron chi connectivity index (χ2n) is 7.00. The zero-order valence-corrected chi connectivity index (χ0v) is 16.8. The molecule has 10 heteroatoms. The Balaban J connectivity index is 1.67. The summed E-state index contributed by atoms with van der Waals surface area (Å²) in [6.07, 6.45) is -4.93. The van der Waals surface area contributed by atoms with Crippen LogP contribution in [0.3, 0.4) is 0 Å². The van der Waals surface area contributed by atoms with E-state index in [1.807, 2.05) is 12.1 Å². The lowest BCUT2D eigenvalue weighted by atomic mass is 10.0. The molecule has 0 fully saturated rings. The maximum absolute atomic E-state index is 13.6. The van der Waals surface area contributed by atoms with E-state index in [0.717, 1.165) is 17.7 Å². The molecule has 31 heavy (non-hydrogen) atoms. The largest absolute Gasteiger partial charge is 0.492 e. The molecule has 0 aliphatic rings. The second-order valence-corrected chi connectivity index (χ2v) is 7.00. The summed E-state index contributed by atoms with van der Waals surface area (Å²) in [7, 11) is 0. The van der Waals surface area contributed by atoms with Crippen molar-refractivity contribution in [2.45, 2.75) is 25.9 Å². The third-order valence-corrected chi connectivity index (χ3v) is 4.41. The number of amides is 1. The Morgan fingerprint density at radius 1 is 1.16 bits per heavy atom. The Hall–Kier alpha value is -3.43. The van der Waals surface area contributed by atoms with Crippen molar-refractivity contribution < 1.29 is 27.1 Å².